The molecule has 0 aliphatic heterocycles. The van der Waals surface area contributed by atoms with Crippen molar-refractivity contribution in [2.75, 3.05) is 13.1 Å². The predicted molar refractivity (Wildman–Crippen MR) is 87.6 cm³/mol. The smallest absolute Gasteiger partial charge is 0.191 e. The number of aliphatic imine (C=N–C) groups is 1. The van der Waals surface area contributed by atoms with Gasteiger partial charge in [-0.05, 0) is 30.2 Å². The van der Waals surface area contributed by atoms with Gasteiger partial charge in [-0.3, -0.25) is 0 Å². The van der Waals surface area contributed by atoms with Crippen LogP contribution in [0.2, 0.25) is 0 Å². The van der Waals surface area contributed by atoms with Gasteiger partial charge >= 0.3 is 0 Å². The molecule has 0 unspecified atom stereocenters. The molecule has 0 radical (unpaired) electrons. The molecule has 0 aliphatic rings. The summed E-state index contributed by atoms with van der Waals surface area (Å²) in [6.07, 6.45) is 2.49. The molecule has 1 aromatic carbocycles. The summed E-state index contributed by atoms with van der Waals surface area (Å²) < 4.78 is 5.31. The van der Waals surface area contributed by atoms with E-state index in [1.165, 1.54) is 0 Å². The minimum atomic E-state index is 0.0359. The van der Waals surface area contributed by atoms with Crippen molar-refractivity contribution in [1.82, 2.24) is 10.6 Å². The van der Waals surface area contributed by atoms with Crippen molar-refractivity contribution in [3.8, 4) is 0 Å². The van der Waals surface area contributed by atoms with Crippen LogP contribution in [0.25, 0.3) is 0 Å². The van der Waals surface area contributed by atoms with Crippen LogP contribution in [0.4, 0.5) is 0 Å². The summed E-state index contributed by atoms with van der Waals surface area (Å²) >= 11 is 0. The summed E-state index contributed by atoms with van der Waals surface area (Å²) in [4.78, 5) is 4.56. The highest BCUT2D eigenvalue weighted by Gasteiger charge is 2.02. The van der Waals surface area contributed by atoms with E-state index in [-0.39, 0.29) is 6.61 Å². The van der Waals surface area contributed by atoms with E-state index in [1.807, 2.05) is 43.3 Å². The Kier molecular flexibility index (Phi) is 6.51. The summed E-state index contributed by atoms with van der Waals surface area (Å²) in [6, 6.07) is 11.6. The third kappa shape index (κ3) is 4.93. The molecular formula is C17H23N3O2. The average molecular weight is 301 g/mol. The fourth-order valence-electron chi connectivity index (χ4n) is 2.13. The minimum absolute atomic E-state index is 0.0359. The first-order valence-corrected chi connectivity index (χ1v) is 7.55. The molecule has 2 aromatic rings. The van der Waals surface area contributed by atoms with E-state index < -0.39 is 0 Å². The maximum atomic E-state index is 9.34. The number of aliphatic hydroxyl groups is 1. The largest absolute Gasteiger partial charge is 0.469 e. The number of nitrogens with one attached hydrogen (secondary N) is 2. The number of nitrogens with zero attached hydrogens (tertiary/aromatic N) is 1. The predicted octanol–water partition coefficient (Wildman–Crippen LogP) is 2.07. The van der Waals surface area contributed by atoms with Crippen molar-refractivity contribution in [2.45, 2.75) is 26.5 Å². The highest BCUT2D eigenvalue weighted by atomic mass is 16.3. The highest BCUT2D eigenvalue weighted by molar-refractivity contribution is 5.79. The Morgan fingerprint density at radius 3 is 2.64 bits per heavy atom. The van der Waals surface area contributed by atoms with Gasteiger partial charge in [0.05, 0.1) is 19.4 Å². The monoisotopic (exact) mass is 301 g/mol. The Morgan fingerprint density at radius 1 is 1.14 bits per heavy atom. The number of rotatable bonds is 7. The molecule has 5 nitrogen and oxygen atoms in total. The van der Waals surface area contributed by atoms with Crippen LogP contribution in [-0.4, -0.2) is 24.2 Å². The van der Waals surface area contributed by atoms with Gasteiger partial charge in [-0.15, -0.1) is 0 Å². The van der Waals surface area contributed by atoms with E-state index in [4.69, 9.17) is 4.42 Å². The number of guanidine groups is 1. The lowest BCUT2D eigenvalue weighted by Gasteiger charge is -2.11. The van der Waals surface area contributed by atoms with Crippen molar-refractivity contribution >= 4 is 5.96 Å². The Balaban J connectivity index is 1.91. The normalized spacial score (nSPS) is 11.5. The summed E-state index contributed by atoms with van der Waals surface area (Å²) in [5.74, 6) is 1.72. The fourth-order valence-corrected chi connectivity index (χ4v) is 2.13. The number of benzene rings is 1. The third-order valence-corrected chi connectivity index (χ3v) is 3.28. The van der Waals surface area contributed by atoms with Crippen LogP contribution in [-0.2, 0) is 19.6 Å². The Hall–Kier alpha value is -2.27. The van der Waals surface area contributed by atoms with Crippen LogP contribution in [0.3, 0.4) is 0 Å². The van der Waals surface area contributed by atoms with Gasteiger partial charge in [0.15, 0.2) is 5.96 Å². The molecule has 5 heteroatoms. The second-order valence-electron chi connectivity index (χ2n) is 4.88. The van der Waals surface area contributed by atoms with Crippen LogP contribution in [0.1, 0.15) is 23.8 Å². The molecule has 1 aromatic heterocycles. The lowest BCUT2D eigenvalue weighted by molar-refractivity contribution is 0.280. The van der Waals surface area contributed by atoms with Crippen LogP contribution in [0, 0.1) is 0 Å². The molecule has 1 heterocycles. The van der Waals surface area contributed by atoms with Crippen LogP contribution < -0.4 is 10.6 Å². The van der Waals surface area contributed by atoms with E-state index >= 15 is 0 Å². The zero-order valence-corrected chi connectivity index (χ0v) is 12.9. The van der Waals surface area contributed by atoms with E-state index in [9.17, 15) is 5.11 Å². The van der Waals surface area contributed by atoms with Crippen LogP contribution in [0.15, 0.2) is 52.1 Å². The van der Waals surface area contributed by atoms with Gasteiger partial charge in [-0.25, -0.2) is 4.99 Å². The SMILES string of the molecule is CCNC(=NCc1ccccc1CO)NCCc1ccco1. The van der Waals surface area contributed by atoms with Gasteiger partial charge in [-0.1, -0.05) is 24.3 Å². The molecule has 22 heavy (non-hydrogen) atoms. The van der Waals surface area contributed by atoms with Gasteiger partial charge in [0.2, 0.25) is 0 Å². The van der Waals surface area contributed by atoms with Gasteiger partial charge in [-0.2, -0.15) is 0 Å². The second kappa shape index (κ2) is 8.89. The number of hydrogen-bond donors (Lipinski definition) is 3. The molecule has 3 N–H and O–H groups in total. The van der Waals surface area contributed by atoms with Gasteiger partial charge in [0.1, 0.15) is 5.76 Å². The first-order valence-electron chi connectivity index (χ1n) is 7.55. The van der Waals surface area contributed by atoms with Gasteiger partial charge < -0.3 is 20.2 Å². The molecule has 0 aliphatic carbocycles. The van der Waals surface area contributed by atoms with E-state index in [0.717, 1.165) is 42.4 Å². The van der Waals surface area contributed by atoms with Crippen molar-refractivity contribution < 1.29 is 9.52 Å². The number of hydrogen-bond acceptors (Lipinski definition) is 3. The minimum Gasteiger partial charge on any atom is -0.469 e. The summed E-state index contributed by atoms with van der Waals surface area (Å²) in [5.41, 5.74) is 1.95. The molecule has 118 valence electrons. The third-order valence-electron chi connectivity index (χ3n) is 3.28. The molecule has 0 atom stereocenters. The van der Waals surface area contributed by atoms with Crippen molar-refractivity contribution in [3.05, 3.63) is 59.5 Å². The lowest BCUT2D eigenvalue weighted by Crippen LogP contribution is -2.38. The van der Waals surface area contributed by atoms with Crippen molar-refractivity contribution in [2.24, 2.45) is 4.99 Å². The maximum Gasteiger partial charge on any atom is 0.191 e. The Labute approximate surface area is 131 Å². The maximum absolute atomic E-state index is 9.34. The summed E-state index contributed by atoms with van der Waals surface area (Å²) in [7, 11) is 0. The highest BCUT2D eigenvalue weighted by Crippen LogP contribution is 2.09. The molecule has 0 fully saturated rings. The van der Waals surface area contributed by atoms with Gasteiger partial charge in [0, 0.05) is 19.5 Å². The first kappa shape index (κ1) is 16.1. The zero-order chi connectivity index (χ0) is 15.6. The first-order chi connectivity index (χ1) is 10.8. The van der Waals surface area contributed by atoms with Gasteiger partial charge in [0.25, 0.3) is 0 Å². The molecule has 0 amide bonds. The molecule has 0 saturated heterocycles. The summed E-state index contributed by atoms with van der Waals surface area (Å²) in [5, 5.41) is 15.8. The molecule has 0 bridgehead atoms. The van der Waals surface area contributed by atoms with Crippen molar-refractivity contribution in [3.63, 3.8) is 0 Å². The number of furan rings is 1. The topological polar surface area (TPSA) is 69.8 Å². The summed E-state index contributed by atoms with van der Waals surface area (Å²) in [6.45, 7) is 4.15. The van der Waals surface area contributed by atoms with E-state index in [2.05, 4.69) is 15.6 Å². The second-order valence-corrected chi connectivity index (χ2v) is 4.88. The fraction of sp³-hybridized carbons (Fsp3) is 0.353. The Bertz CT molecular complexity index is 579. The van der Waals surface area contributed by atoms with Crippen LogP contribution >= 0.6 is 0 Å². The lowest BCUT2D eigenvalue weighted by atomic mass is 10.1. The molecule has 2 rings (SSSR count). The van der Waals surface area contributed by atoms with Crippen molar-refractivity contribution in [1.29, 1.82) is 0 Å². The number of aliphatic hydroxyl groups excluding tert-OH is 1. The quantitative estimate of drug-likeness (QED) is 0.541. The van der Waals surface area contributed by atoms with E-state index in [1.54, 1.807) is 6.26 Å². The molecule has 0 saturated carbocycles. The zero-order valence-electron chi connectivity index (χ0n) is 12.9. The molecular weight excluding hydrogens is 278 g/mol. The van der Waals surface area contributed by atoms with Crippen LogP contribution in [0.5, 0.6) is 0 Å². The standard InChI is InChI=1S/C17H23N3O2/c1-2-18-17(19-10-9-16-8-5-11-22-16)20-12-14-6-3-4-7-15(14)13-21/h3-8,11,21H,2,9-10,12-13H2,1H3,(H2,18,19,20). The molecule has 0 spiro atoms. The van der Waals surface area contributed by atoms with E-state index in [0.29, 0.717) is 6.54 Å². The average Bonchev–Trinajstić information content (AvgIpc) is 3.06. The Morgan fingerprint density at radius 2 is 1.95 bits per heavy atom.